The minimum atomic E-state index is -0.158. The highest BCUT2D eigenvalue weighted by molar-refractivity contribution is 7.00. The lowest BCUT2D eigenvalue weighted by Crippen LogP contribution is -2.61. The highest BCUT2D eigenvalue weighted by Gasteiger charge is 2.46. The van der Waals surface area contributed by atoms with E-state index >= 15 is 0 Å². The van der Waals surface area contributed by atoms with E-state index in [2.05, 4.69) is 255 Å². The Hall–Kier alpha value is -7.76. The molecule has 73 heavy (non-hydrogen) atoms. The second kappa shape index (κ2) is 15.9. The number of para-hydroxylation sites is 4. The van der Waals surface area contributed by atoms with Crippen molar-refractivity contribution < 1.29 is 4.42 Å². The van der Waals surface area contributed by atoms with Crippen molar-refractivity contribution in [2.24, 2.45) is 0 Å². The summed E-state index contributed by atoms with van der Waals surface area (Å²) < 4.78 is 9.00. The lowest BCUT2D eigenvalue weighted by molar-refractivity contribution is 0.590. The number of hydrogen-bond donors (Lipinski definition) is 0. The molecule has 2 aromatic heterocycles. The normalized spacial score (nSPS) is 13.4. The molecule has 0 atom stereocenters. The summed E-state index contributed by atoms with van der Waals surface area (Å²) in [4.78, 5) is 5.31. The zero-order chi connectivity index (χ0) is 50.6. The van der Waals surface area contributed by atoms with Crippen LogP contribution in [0.4, 0.5) is 34.1 Å². The maximum atomic E-state index is 6.45. The molecule has 0 amide bonds. The number of hydrogen-bond acceptors (Lipinski definition) is 3. The second-order valence-corrected chi connectivity index (χ2v) is 23.3. The number of benzene rings is 9. The van der Waals surface area contributed by atoms with Crippen LogP contribution < -0.4 is 26.2 Å². The number of fused-ring (bicyclic) bond motifs is 10. The van der Waals surface area contributed by atoms with E-state index in [1.54, 1.807) is 0 Å². The van der Waals surface area contributed by atoms with Gasteiger partial charge in [-0.2, -0.15) is 0 Å². The molecule has 11 aromatic rings. The highest BCUT2D eigenvalue weighted by atomic mass is 16.3. The van der Waals surface area contributed by atoms with E-state index in [-0.39, 0.29) is 17.5 Å². The van der Waals surface area contributed by atoms with Crippen molar-refractivity contribution in [1.29, 1.82) is 0 Å². The van der Waals surface area contributed by atoms with Gasteiger partial charge in [0.25, 0.3) is 6.71 Å². The number of nitrogens with zero attached hydrogens (tertiary/aromatic N) is 3. The Labute approximate surface area is 430 Å². The largest absolute Gasteiger partial charge is 0.456 e. The Kier molecular flexibility index (Phi) is 9.81. The van der Waals surface area contributed by atoms with Gasteiger partial charge in [-0.25, -0.2) is 0 Å². The number of anilines is 6. The maximum absolute atomic E-state index is 6.45. The predicted octanol–water partition coefficient (Wildman–Crippen LogP) is 16.9. The third-order valence-corrected chi connectivity index (χ3v) is 16.3. The van der Waals surface area contributed by atoms with Crippen LogP contribution in [-0.2, 0) is 10.8 Å². The molecule has 0 unspecified atom stereocenters. The van der Waals surface area contributed by atoms with Crippen LogP contribution >= 0.6 is 0 Å². The van der Waals surface area contributed by atoms with E-state index in [4.69, 9.17) is 4.42 Å². The smallest absolute Gasteiger partial charge is 0.252 e. The minimum Gasteiger partial charge on any atom is -0.456 e. The molecule has 0 spiro atoms. The fourth-order valence-corrected chi connectivity index (χ4v) is 12.9. The van der Waals surface area contributed by atoms with Gasteiger partial charge in [-0.15, -0.1) is 0 Å². The molecular weight excluding hydrogens is 886 g/mol. The lowest BCUT2D eigenvalue weighted by atomic mass is 9.33. The first kappa shape index (κ1) is 45.1. The molecule has 0 radical (unpaired) electrons. The summed E-state index contributed by atoms with van der Waals surface area (Å²) in [5.74, 6) is 0. The Morgan fingerprint density at radius 2 is 0.945 bits per heavy atom. The molecule has 0 saturated carbocycles. The van der Waals surface area contributed by atoms with Gasteiger partial charge in [0.05, 0.1) is 28.1 Å². The molecule has 9 aromatic carbocycles. The van der Waals surface area contributed by atoms with E-state index in [1.165, 1.54) is 134 Å². The zero-order valence-electron chi connectivity index (χ0n) is 44.3. The predicted molar refractivity (Wildman–Crippen MR) is 313 cm³/mol. The maximum Gasteiger partial charge on any atom is 0.252 e. The third-order valence-electron chi connectivity index (χ3n) is 16.3. The quantitative estimate of drug-likeness (QED) is 0.164. The van der Waals surface area contributed by atoms with Crippen LogP contribution in [0.5, 0.6) is 0 Å². The summed E-state index contributed by atoms with van der Waals surface area (Å²) in [5, 5.41) is 4.83. The van der Waals surface area contributed by atoms with Gasteiger partial charge in [0.2, 0.25) is 0 Å². The minimum absolute atomic E-state index is 0.0540. The molecule has 0 bridgehead atoms. The van der Waals surface area contributed by atoms with E-state index in [1.807, 2.05) is 0 Å². The Bertz CT molecular complexity index is 4090. The highest BCUT2D eigenvalue weighted by Crippen LogP contribution is 2.51. The molecule has 0 fully saturated rings. The van der Waals surface area contributed by atoms with Crippen molar-refractivity contribution in [3.05, 3.63) is 202 Å². The zero-order valence-corrected chi connectivity index (χ0v) is 44.3. The lowest BCUT2D eigenvalue weighted by Gasteiger charge is -2.46. The van der Waals surface area contributed by atoms with Gasteiger partial charge >= 0.3 is 0 Å². The topological polar surface area (TPSA) is 24.6 Å². The van der Waals surface area contributed by atoms with Crippen LogP contribution in [0.3, 0.4) is 0 Å². The molecule has 2 aliphatic heterocycles. The average Bonchev–Trinajstić information content (AvgIpc) is 3.90. The van der Waals surface area contributed by atoms with Crippen LogP contribution in [0.1, 0.15) is 86.1 Å². The molecular formula is C68H62BN3O. The van der Waals surface area contributed by atoms with Crippen molar-refractivity contribution in [2.45, 2.75) is 93.9 Å². The van der Waals surface area contributed by atoms with Crippen molar-refractivity contribution in [3.63, 3.8) is 0 Å². The SMILES string of the molecule is Cc1cccc(C)c1N1c2ccc(C(C)(C)C)cc2B2c3cc4c5ccccc5n(-c5c(C)cccc5C)c4cc3N(c3c(C)cc(-c4cccc5oc6ccccc6c45)cc3C)c3cc(C(C)(C)C)cc1c32. The number of aromatic nitrogens is 1. The van der Waals surface area contributed by atoms with Crippen molar-refractivity contribution >= 4 is 101 Å². The molecule has 2 aliphatic rings. The van der Waals surface area contributed by atoms with Gasteiger partial charge in [-0.1, -0.05) is 145 Å². The summed E-state index contributed by atoms with van der Waals surface area (Å²) in [6.07, 6.45) is 0. The molecule has 4 heterocycles. The van der Waals surface area contributed by atoms with Gasteiger partial charge in [-0.05, 0) is 179 Å². The molecule has 358 valence electrons. The first-order chi connectivity index (χ1) is 35.0. The van der Waals surface area contributed by atoms with Gasteiger partial charge in [0.15, 0.2) is 0 Å². The van der Waals surface area contributed by atoms with Crippen LogP contribution in [-0.4, -0.2) is 11.3 Å². The Balaban J connectivity index is 1.19. The number of furan rings is 1. The fraction of sp³-hybridized carbons (Fsp3) is 0.206. The second-order valence-electron chi connectivity index (χ2n) is 23.3. The Morgan fingerprint density at radius 1 is 0.397 bits per heavy atom. The molecule has 13 rings (SSSR count). The standard InChI is InChI=1S/C68H62BN3O/c1-39-20-17-21-40(2)64(39)70-54-27-15-13-24-49(54)51-37-53-57(38-56(51)70)72(66-43(5)32-45(33-44(66)6)48-26-19-29-61-62(48)50-25-14-16-28-60(50)73-61)59-36-47(68(10,11)12)35-58-63(59)69(53)52-34-46(67(7,8)9)30-31-55(52)71(58)65-41(3)22-18-23-42(65)4/h13-38H,1-12H3. The van der Waals surface area contributed by atoms with Crippen molar-refractivity contribution in [3.8, 4) is 16.8 Å². The van der Waals surface area contributed by atoms with Crippen LogP contribution in [0.15, 0.2) is 162 Å². The van der Waals surface area contributed by atoms with Gasteiger partial charge in [0.1, 0.15) is 11.2 Å². The van der Waals surface area contributed by atoms with Crippen molar-refractivity contribution in [1.82, 2.24) is 4.57 Å². The van der Waals surface area contributed by atoms with E-state index in [0.29, 0.717) is 0 Å². The van der Waals surface area contributed by atoms with Gasteiger partial charge < -0.3 is 18.8 Å². The Morgan fingerprint density at radius 3 is 1.60 bits per heavy atom. The fourth-order valence-electron chi connectivity index (χ4n) is 12.9. The summed E-state index contributed by atoms with van der Waals surface area (Å²) in [6, 6.07) is 59.9. The molecule has 0 saturated heterocycles. The summed E-state index contributed by atoms with van der Waals surface area (Å²) in [5.41, 5.74) is 29.2. The molecule has 5 heteroatoms. The van der Waals surface area contributed by atoms with Crippen molar-refractivity contribution in [2.75, 3.05) is 9.80 Å². The monoisotopic (exact) mass is 947 g/mol. The van der Waals surface area contributed by atoms with E-state index < -0.39 is 0 Å². The summed E-state index contributed by atoms with van der Waals surface area (Å²) >= 11 is 0. The first-order valence-corrected chi connectivity index (χ1v) is 26.1. The molecule has 0 N–H and O–H groups in total. The first-order valence-electron chi connectivity index (χ1n) is 26.1. The van der Waals surface area contributed by atoms with Crippen LogP contribution in [0.25, 0.3) is 60.6 Å². The summed E-state index contributed by atoms with van der Waals surface area (Å²) in [7, 11) is 0. The van der Waals surface area contributed by atoms with Gasteiger partial charge in [-0.3, -0.25) is 0 Å². The van der Waals surface area contributed by atoms with E-state index in [0.717, 1.165) is 21.9 Å². The average molecular weight is 948 g/mol. The summed E-state index contributed by atoms with van der Waals surface area (Å²) in [6.45, 7) is 27.8. The molecule has 4 nitrogen and oxygen atoms in total. The van der Waals surface area contributed by atoms with E-state index in [9.17, 15) is 0 Å². The van der Waals surface area contributed by atoms with Gasteiger partial charge in [0, 0.05) is 44.3 Å². The number of aryl methyl sites for hydroxylation is 6. The number of rotatable bonds is 4. The molecule has 0 aliphatic carbocycles. The third kappa shape index (κ3) is 6.67. The van der Waals surface area contributed by atoms with Crippen LogP contribution in [0.2, 0.25) is 0 Å². The van der Waals surface area contributed by atoms with Crippen LogP contribution in [0, 0.1) is 41.5 Å².